The molecule has 0 saturated heterocycles. The number of hydrogen-bond acceptors (Lipinski definition) is 0. The Kier molecular flexibility index (Phi) is 4.19. The molecule has 15 heavy (non-hydrogen) atoms. The topological polar surface area (TPSA) is 0 Å². The second-order valence-corrected chi connectivity index (χ2v) is 5.78. The van der Waals surface area contributed by atoms with Gasteiger partial charge in [0, 0.05) is 0 Å². The molecule has 0 nitrogen and oxygen atoms in total. The van der Waals surface area contributed by atoms with E-state index in [9.17, 15) is 0 Å². The number of allylic oxidation sites excluding steroid dienone is 4. The van der Waals surface area contributed by atoms with Crippen molar-refractivity contribution in [3.8, 4) is 0 Å². The third-order valence-electron chi connectivity index (χ3n) is 4.02. The summed E-state index contributed by atoms with van der Waals surface area (Å²) in [7, 11) is 0. The molecule has 0 aromatic heterocycles. The quantitative estimate of drug-likeness (QED) is 0.559. The Morgan fingerprint density at radius 1 is 1.33 bits per heavy atom. The first-order valence-electron chi connectivity index (χ1n) is 6.28. The summed E-state index contributed by atoms with van der Waals surface area (Å²) in [6, 6.07) is 0. The molecule has 0 radical (unpaired) electrons. The third-order valence-corrected chi connectivity index (χ3v) is 4.02. The lowest BCUT2D eigenvalue weighted by Gasteiger charge is -2.41. The number of hydrogen-bond donors (Lipinski definition) is 0. The fraction of sp³-hybridized carbons (Fsp3) is 0.733. The molecule has 1 fully saturated rings. The van der Waals surface area contributed by atoms with Gasteiger partial charge in [-0.1, -0.05) is 57.4 Å². The van der Waals surface area contributed by atoms with Crippen LogP contribution in [0.2, 0.25) is 0 Å². The first-order valence-corrected chi connectivity index (χ1v) is 6.28. The number of rotatable bonds is 2. The van der Waals surface area contributed by atoms with Gasteiger partial charge in [-0.3, -0.25) is 0 Å². The van der Waals surface area contributed by atoms with Gasteiger partial charge in [0.25, 0.3) is 0 Å². The van der Waals surface area contributed by atoms with Crippen LogP contribution < -0.4 is 0 Å². The maximum Gasteiger partial charge on any atom is -0.0153 e. The van der Waals surface area contributed by atoms with E-state index in [0.717, 1.165) is 11.8 Å². The van der Waals surface area contributed by atoms with Gasteiger partial charge in [0.2, 0.25) is 0 Å². The van der Waals surface area contributed by atoms with Crippen molar-refractivity contribution >= 4 is 0 Å². The van der Waals surface area contributed by atoms with E-state index >= 15 is 0 Å². The Labute approximate surface area is 95.5 Å². The first-order chi connectivity index (χ1) is 6.97. The van der Waals surface area contributed by atoms with Crippen molar-refractivity contribution in [3.63, 3.8) is 0 Å². The molecule has 0 amide bonds. The molecule has 0 aliphatic heterocycles. The maximum atomic E-state index is 2.44. The van der Waals surface area contributed by atoms with Gasteiger partial charge in [0.1, 0.15) is 0 Å². The minimum absolute atomic E-state index is 0.488. The monoisotopic (exact) mass is 206 g/mol. The molecule has 0 spiro atoms. The molecule has 86 valence electrons. The Hall–Kier alpha value is -0.520. The molecule has 0 bridgehead atoms. The molecule has 0 heteroatoms. The third kappa shape index (κ3) is 3.22. The lowest BCUT2D eigenvalue weighted by atomic mass is 9.64. The fourth-order valence-corrected chi connectivity index (χ4v) is 2.80. The Morgan fingerprint density at radius 3 is 2.53 bits per heavy atom. The minimum atomic E-state index is 0.488. The molecule has 1 rings (SSSR count). The second kappa shape index (κ2) is 5.01. The van der Waals surface area contributed by atoms with E-state index in [-0.39, 0.29) is 0 Å². The summed E-state index contributed by atoms with van der Waals surface area (Å²) in [5.41, 5.74) is 1.87. The summed E-state index contributed by atoms with van der Waals surface area (Å²) in [6.45, 7) is 11.5. The van der Waals surface area contributed by atoms with Crippen LogP contribution >= 0.6 is 0 Å². The molecule has 0 heterocycles. The van der Waals surface area contributed by atoms with Crippen LogP contribution in [0.3, 0.4) is 0 Å². The van der Waals surface area contributed by atoms with Gasteiger partial charge < -0.3 is 0 Å². The van der Waals surface area contributed by atoms with Crippen LogP contribution in [0, 0.1) is 17.3 Å². The zero-order chi connectivity index (χ0) is 11.5. The van der Waals surface area contributed by atoms with Crippen LogP contribution in [-0.4, -0.2) is 0 Å². The van der Waals surface area contributed by atoms with Crippen molar-refractivity contribution in [2.24, 2.45) is 17.3 Å². The van der Waals surface area contributed by atoms with Gasteiger partial charge in [0.05, 0.1) is 0 Å². The molecule has 0 aromatic rings. The predicted octanol–water partition coefficient (Wildman–Crippen LogP) is 4.97. The Morgan fingerprint density at radius 2 is 2.00 bits per heavy atom. The summed E-state index contributed by atoms with van der Waals surface area (Å²) < 4.78 is 0. The highest BCUT2D eigenvalue weighted by atomic mass is 14.4. The molecule has 1 aliphatic carbocycles. The molecule has 1 saturated carbocycles. The SMILES string of the molecule is C/C=C(C)/C=C/[C@H]1[C@@H](C)CCCC1(C)C. The summed E-state index contributed by atoms with van der Waals surface area (Å²) in [5, 5.41) is 0. The van der Waals surface area contributed by atoms with E-state index in [1.807, 2.05) is 0 Å². The van der Waals surface area contributed by atoms with Crippen molar-refractivity contribution in [3.05, 3.63) is 23.8 Å². The lowest BCUT2D eigenvalue weighted by molar-refractivity contribution is 0.123. The van der Waals surface area contributed by atoms with Gasteiger partial charge in [-0.05, 0) is 37.5 Å². The van der Waals surface area contributed by atoms with Crippen LogP contribution in [-0.2, 0) is 0 Å². The largest absolute Gasteiger partial charge is 0.0847 e. The fourth-order valence-electron chi connectivity index (χ4n) is 2.80. The van der Waals surface area contributed by atoms with E-state index in [1.54, 1.807) is 0 Å². The predicted molar refractivity (Wildman–Crippen MR) is 68.9 cm³/mol. The molecule has 0 aromatic carbocycles. The van der Waals surface area contributed by atoms with Crippen LogP contribution in [0.1, 0.15) is 53.9 Å². The average Bonchev–Trinajstić information content (AvgIpc) is 2.15. The normalized spacial score (nSPS) is 32.2. The van der Waals surface area contributed by atoms with Crippen LogP contribution in [0.4, 0.5) is 0 Å². The summed E-state index contributed by atoms with van der Waals surface area (Å²) in [4.78, 5) is 0. The van der Waals surface area contributed by atoms with Crippen molar-refractivity contribution in [1.29, 1.82) is 0 Å². The van der Waals surface area contributed by atoms with E-state index in [4.69, 9.17) is 0 Å². The maximum absolute atomic E-state index is 2.44. The standard InChI is InChI=1S/C15H26/c1-6-12(2)9-10-14-13(3)8-7-11-15(14,4)5/h6,9-10,13-14H,7-8,11H2,1-5H3/b10-9+,12-6+/t13-,14-/m0/s1. The first kappa shape index (κ1) is 12.5. The highest BCUT2D eigenvalue weighted by Gasteiger charge is 2.34. The van der Waals surface area contributed by atoms with Crippen molar-refractivity contribution in [1.82, 2.24) is 0 Å². The second-order valence-electron chi connectivity index (χ2n) is 5.78. The van der Waals surface area contributed by atoms with Gasteiger partial charge in [-0.25, -0.2) is 0 Å². The van der Waals surface area contributed by atoms with Crippen molar-refractivity contribution in [2.45, 2.75) is 53.9 Å². The zero-order valence-electron chi connectivity index (χ0n) is 11.0. The molecular formula is C15H26. The van der Waals surface area contributed by atoms with Gasteiger partial charge in [-0.15, -0.1) is 0 Å². The van der Waals surface area contributed by atoms with Crippen LogP contribution in [0.25, 0.3) is 0 Å². The van der Waals surface area contributed by atoms with Crippen molar-refractivity contribution < 1.29 is 0 Å². The lowest BCUT2D eigenvalue weighted by Crippen LogP contribution is -2.32. The van der Waals surface area contributed by atoms with Crippen LogP contribution in [0.15, 0.2) is 23.8 Å². The van der Waals surface area contributed by atoms with E-state index in [2.05, 4.69) is 52.8 Å². The molecular weight excluding hydrogens is 180 g/mol. The molecule has 0 N–H and O–H groups in total. The Bertz CT molecular complexity index is 255. The highest BCUT2D eigenvalue weighted by molar-refractivity contribution is 5.17. The average molecular weight is 206 g/mol. The highest BCUT2D eigenvalue weighted by Crippen LogP contribution is 2.44. The summed E-state index contributed by atoms with van der Waals surface area (Å²) in [6.07, 6.45) is 11.1. The van der Waals surface area contributed by atoms with Gasteiger partial charge in [-0.2, -0.15) is 0 Å². The smallest absolute Gasteiger partial charge is 0.0153 e. The summed E-state index contributed by atoms with van der Waals surface area (Å²) in [5.74, 6) is 1.59. The van der Waals surface area contributed by atoms with E-state index < -0.39 is 0 Å². The Balaban J connectivity index is 2.76. The molecule has 2 atom stereocenters. The minimum Gasteiger partial charge on any atom is -0.0847 e. The zero-order valence-corrected chi connectivity index (χ0v) is 11.0. The van der Waals surface area contributed by atoms with E-state index in [0.29, 0.717) is 5.41 Å². The van der Waals surface area contributed by atoms with E-state index in [1.165, 1.54) is 24.8 Å². The van der Waals surface area contributed by atoms with Crippen molar-refractivity contribution in [2.75, 3.05) is 0 Å². The molecule has 1 aliphatic rings. The summed E-state index contributed by atoms with van der Waals surface area (Å²) >= 11 is 0. The molecule has 0 unspecified atom stereocenters. The van der Waals surface area contributed by atoms with Gasteiger partial charge in [0.15, 0.2) is 0 Å². The van der Waals surface area contributed by atoms with Crippen LogP contribution in [0.5, 0.6) is 0 Å². The van der Waals surface area contributed by atoms with Gasteiger partial charge >= 0.3 is 0 Å².